The van der Waals surface area contributed by atoms with E-state index in [1.165, 1.54) is 10.4 Å². The fourth-order valence-corrected chi connectivity index (χ4v) is 3.20. The van der Waals surface area contributed by atoms with Crippen LogP contribution in [0.4, 0.5) is 0 Å². The Labute approximate surface area is 116 Å². The Balaban J connectivity index is 1.77. The van der Waals surface area contributed by atoms with Gasteiger partial charge in [0.15, 0.2) is 5.82 Å². The van der Waals surface area contributed by atoms with Crippen LogP contribution in [0.15, 0.2) is 16.0 Å². The summed E-state index contributed by atoms with van der Waals surface area (Å²) in [5.74, 6) is 1.47. The van der Waals surface area contributed by atoms with Crippen LogP contribution in [0.25, 0.3) is 0 Å². The quantitative estimate of drug-likeness (QED) is 0.918. The van der Waals surface area contributed by atoms with Crippen LogP contribution in [0.3, 0.4) is 0 Å². The second kappa shape index (κ2) is 5.40. The molecule has 3 rings (SSSR count). The lowest BCUT2D eigenvalue weighted by atomic mass is 10.0. The van der Waals surface area contributed by atoms with Crippen LogP contribution in [0.2, 0.25) is 0 Å². The molecule has 1 unspecified atom stereocenters. The van der Waals surface area contributed by atoms with E-state index < -0.39 is 0 Å². The van der Waals surface area contributed by atoms with E-state index >= 15 is 0 Å². The van der Waals surface area contributed by atoms with Crippen LogP contribution in [-0.4, -0.2) is 42.2 Å². The van der Waals surface area contributed by atoms with Gasteiger partial charge >= 0.3 is 0 Å². The third-order valence-corrected chi connectivity index (χ3v) is 4.30. The molecule has 1 aliphatic heterocycles. The molecule has 2 aromatic rings. The van der Waals surface area contributed by atoms with E-state index in [9.17, 15) is 0 Å². The molecule has 0 bridgehead atoms. The Morgan fingerprint density at radius 1 is 1.53 bits per heavy atom. The predicted octanol–water partition coefficient (Wildman–Crippen LogP) is 1.47. The summed E-state index contributed by atoms with van der Waals surface area (Å²) in [6.07, 6.45) is 1.91. The van der Waals surface area contributed by atoms with Gasteiger partial charge in [0.2, 0.25) is 5.89 Å². The summed E-state index contributed by atoms with van der Waals surface area (Å²) in [6.45, 7) is 1.90. The van der Waals surface area contributed by atoms with Crippen molar-refractivity contribution in [3.63, 3.8) is 0 Å². The van der Waals surface area contributed by atoms with Gasteiger partial charge < -0.3 is 14.7 Å². The number of nitrogens with zero attached hydrogens (tertiary/aromatic N) is 3. The van der Waals surface area contributed by atoms with Crippen LogP contribution in [0, 0.1) is 0 Å². The number of rotatable bonds is 4. The summed E-state index contributed by atoms with van der Waals surface area (Å²) in [4.78, 5) is 8.07. The summed E-state index contributed by atoms with van der Waals surface area (Å²) in [7, 11) is 4.09. The van der Waals surface area contributed by atoms with Gasteiger partial charge in [0.05, 0.1) is 0 Å². The molecule has 1 aliphatic rings. The second-order valence-corrected chi connectivity index (χ2v) is 6.04. The fourth-order valence-electron chi connectivity index (χ4n) is 2.28. The van der Waals surface area contributed by atoms with E-state index in [2.05, 4.69) is 31.8 Å². The molecule has 2 aromatic heterocycles. The van der Waals surface area contributed by atoms with E-state index in [1.807, 2.05) is 25.4 Å². The minimum atomic E-state index is 0.0654. The molecule has 0 saturated carbocycles. The molecule has 0 aromatic carbocycles. The lowest BCUT2D eigenvalue weighted by Gasteiger charge is -2.20. The van der Waals surface area contributed by atoms with Crippen molar-refractivity contribution in [2.45, 2.75) is 18.9 Å². The van der Waals surface area contributed by atoms with Crippen LogP contribution >= 0.6 is 11.3 Å². The maximum atomic E-state index is 5.43. The first-order valence-electron chi connectivity index (χ1n) is 6.51. The van der Waals surface area contributed by atoms with Gasteiger partial charge in [0, 0.05) is 24.4 Å². The van der Waals surface area contributed by atoms with Gasteiger partial charge in [-0.05, 0) is 37.5 Å². The first-order chi connectivity index (χ1) is 9.24. The van der Waals surface area contributed by atoms with Crippen LogP contribution in [0.1, 0.15) is 28.2 Å². The Kier molecular flexibility index (Phi) is 3.63. The van der Waals surface area contributed by atoms with Crippen LogP contribution < -0.4 is 5.32 Å². The molecule has 0 aliphatic carbocycles. The lowest BCUT2D eigenvalue weighted by molar-refractivity contribution is 0.338. The van der Waals surface area contributed by atoms with Crippen molar-refractivity contribution in [1.82, 2.24) is 20.4 Å². The van der Waals surface area contributed by atoms with E-state index in [0.717, 1.165) is 31.8 Å². The lowest BCUT2D eigenvalue weighted by Crippen LogP contribution is -2.29. The van der Waals surface area contributed by atoms with Gasteiger partial charge in [-0.25, -0.2) is 0 Å². The van der Waals surface area contributed by atoms with Crippen molar-refractivity contribution in [3.8, 4) is 0 Å². The average molecular weight is 278 g/mol. The number of likely N-dealkylation sites (N-methyl/N-ethyl adjacent to an activating group) is 1. The van der Waals surface area contributed by atoms with E-state index in [1.54, 1.807) is 0 Å². The van der Waals surface area contributed by atoms with Crippen molar-refractivity contribution < 1.29 is 4.52 Å². The normalized spacial score (nSPS) is 18.8. The number of thiophene rings is 1. The second-order valence-electron chi connectivity index (χ2n) is 5.04. The zero-order valence-corrected chi connectivity index (χ0v) is 12.0. The summed E-state index contributed by atoms with van der Waals surface area (Å²) < 4.78 is 5.43. The Morgan fingerprint density at radius 3 is 3.26 bits per heavy atom. The number of hydrogen-bond acceptors (Lipinski definition) is 6. The standard InChI is InChI=1S/C13H18N4OS/c1-17(2)7-4-11-15-13(18-16-11)12-9-5-8-19-10(9)3-6-14-12/h5,8,12,14H,3-4,6-7H2,1-2H3. The zero-order valence-electron chi connectivity index (χ0n) is 11.2. The molecule has 5 nitrogen and oxygen atoms in total. The van der Waals surface area contributed by atoms with Gasteiger partial charge in [0.1, 0.15) is 6.04 Å². The average Bonchev–Trinajstić information content (AvgIpc) is 3.04. The maximum Gasteiger partial charge on any atom is 0.248 e. The number of hydrogen-bond donors (Lipinski definition) is 1. The molecular weight excluding hydrogens is 260 g/mol. The monoisotopic (exact) mass is 278 g/mol. The summed E-state index contributed by atoms with van der Waals surface area (Å²) >= 11 is 1.81. The Bertz CT molecular complexity index is 548. The molecule has 3 heterocycles. The molecule has 102 valence electrons. The highest BCUT2D eigenvalue weighted by molar-refractivity contribution is 7.10. The van der Waals surface area contributed by atoms with Crippen molar-refractivity contribution in [1.29, 1.82) is 0 Å². The van der Waals surface area contributed by atoms with E-state index in [0.29, 0.717) is 5.89 Å². The number of nitrogens with one attached hydrogen (secondary N) is 1. The summed E-state index contributed by atoms with van der Waals surface area (Å²) in [6, 6.07) is 2.22. The SMILES string of the molecule is CN(C)CCc1noc(C2NCCc3sccc32)n1. The maximum absolute atomic E-state index is 5.43. The number of fused-ring (bicyclic) bond motifs is 1. The van der Waals surface area contributed by atoms with Crippen LogP contribution in [-0.2, 0) is 12.8 Å². The first kappa shape index (κ1) is 12.8. The predicted molar refractivity (Wildman–Crippen MR) is 74.4 cm³/mol. The largest absolute Gasteiger partial charge is 0.337 e. The van der Waals surface area contributed by atoms with Crippen molar-refractivity contribution >= 4 is 11.3 Å². The van der Waals surface area contributed by atoms with Gasteiger partial charge in [-0.15, -0.1) is 11.3 Å². The summed E-state index contributed by atoms with van der Waals surface area (Å²) in [5.41, 5.74) is 1.29. The number of aromatic nitrogens is 2. The molecular formula is C13H18N4OS. The molecule has 0 radical (unpaired) electrons. The molecule has 0 spiro atoms. The third-order valence-electron chi connectivity index (χ3n) is 3.30. The molecule has 0 saturated heterocycles. The Morgan fingerprint density at radius 2 is 2.42 bits per heavy atom. The zero-order chi connectivity index (χ0) is 13.2. The van der Waals surface area contributed by atoms with E-state index in [-0.39, 0.29) is 6.04 Å². The molecule has 1 atom stereocenters. The first-order valence-corrected chi connectivity index (χ1v) is 7.39. The van der Waals surface area contributed by atoms with E-state index in [4.69, 9.17) is 4.52 Å². The van der Waals surface area contributed by atoms with Gasteiger partial charge in [0.25, 0.3) is 0 Å². The Hall–Kier alpha value is -1.24. The van der Waals surface area contributed by atoms with Crippen molar-refractivity contribution in [2.24, 2.45) is 0 Å². The highest BCUT2D eigenvalue weighted by Crippen LogP contribution is 2.31. The minimum Gasteiger partial charge on any atom is -0.337 e. The smallest absolute Gasteiger partial charge is 0.248 e. The molecule has 0 fully saturated rings. The third kappa shape index (κ3) is 2.70. The highest BCUT2D eigenvalue weighted by atomic mass is 32.1. The minimum absolute atomic E-state index is 0.0654. The van der Waals surface area contributed by atoms with Gasteiger partial charge in [-0.3, -0.25) is 0 Å². The highest BCUT2D eigenvalue weighted by Gasteiger charge is 2.26. The molecule has 1 N–H and O–H groups in total. The summed E-state index contributed by atoms with van der Waals surface area (Å²) in [5, 5.41) is 9.66. The van der Waals surface area contributed by atoms with Crippen LogP contribution in [0.5, 0.6) is 0 Å². The molecule has 19 heavy (non-hydrogen) atoms. The van der Waals surface area contributed by atoms with Crippen molar-refractivity contribution in [3.05, 3.63) is 33.6 Å². The topological polar surface area (TPSA) is 54.2 Å². The molecule has 6 heteroatoms. The molecule has 0 amide bonds. The fraction of sp³-hybridized carbons (Fsp3) is 0.538. The van der Waals surface area contributed by atoms with Crippen molar-refractivity contribution in [2.75, 3.05) is 27.2 Å². The van der Waals surface area contributed by atoms with Gasteiger partial charge in [-0.1, -0.05) is 5.16 Å². The van der Waals surface area contributed by atoms with Gasteiger partial charge in [-0.2, -0.15) is 4.98 Å².